The van der Waals surface area contributed by atoms with Gasteiger partial charge in [-0.15, -0.1) is 0 Å². The van der Waals surface area contributed by atoms with Crippen LogP contribution < -0.4 is 9.47 Å². The molecule has 21 heavy (non-hydrogen) atoms. The van der Waals surface area contributed by atoms with Crippen LogP contribution in [0.3, 0.4) is 0 Å². The molecule has 114 valence electrons. The molecule has 0 amide bonds. The SMILES string of the molecule is COc1cccc(C=CC(=O)CCN2CCCC2)c1OC. The predicted molar refractivity (Wildman–Crippen MR) is 83.9 cm³/mol. The number of likely N-dealkylation sites (tertiary alicyclic amines) is 1. The van der Waals surface area contributed by atoms with Crippen LogP contribution in [-0.4, -0.2) is 44.5 Å². The minimum absolute atomic E-state index is 0.145. The zero-order chi connectivity index (χ0) is 15.1. The Kier molecular flexibility index (Phi) is 5.81. The fourth-order valence-corrected chi connectivity index (χ4v) is 2.58. The second kappa shape index (κ2) is 7.84. The number of carbonyl (C=O) groups excluding carboxylic acids is 1. The van der Waals surface area contributed by atoms with E-state index in [1.165, 1.54) is 12.8 Å². The number of hydrogen-bond donors (Lipinski definition) is 0. The molecular formula is C17H23NO3. The van der Waals surface area contributed by atoms with E-state index in [-0.39, 0.29) is 5.78 Å². The standard InChI is InChI=1S/C17H23NO3/c1-20-16-7-5-6-14(17(16)21-2)8-9-15(19)10-13-18-11-3-4-12-18/h5-9H,3-4,10-13H2,1-2H3. The van der Waals surface area contributed by atoms with Crippen LogP contribution in [0, 0.1) is 0 Å². The van der Waals surface area contributed by atoms with Gasteiger partial charge in [0.2, 0.25) is 0 Å². The van der Waals surface area contributed by atoms with Gasteiger partial charge in [0.05, 0.1) is 14.2 Å². The molecule has 0 saturated carbocycles. The normalized spacial score (nSPS) is 15.5. The zero-order valence-corrected chi connectivity index (χ0v) is 12.8. The molecule has 2 rings (SSSR count). The minimum Gasteiger partial charge on any atom is -0.493 e. The van der Waals surface area contributed by atoms with Crippen LogP contribution in [0.5, 0.6) is 11.5 Å². The number of benzene rings is 1. The molecule has 1 heterocycles. The summed E-state index contributed by atoms with van der Waals surface area (Å²) in [6, 6.07) is 5.63. The van der Waals surface area contributed by atoms with Crippen molar-refractivity contribution in [1.82, 2.24) is 4.90 Å². The molecule has 1 fully saturated rings. The van der Waals surface area contributed by atoms with Crippen LogP contribution in [0.2, 0.25) is 0 Å². The number of hydrogen-bond acceptors (Lipinski definition) is 4. The van der Waals surface area contributed by atoms with Crippen LogP contribution in [-0.2, 0) is 4.79 Å². The first-order valence-corrected chi connectivity index (χ1v) is 7.39. The van der Waals surface area contributed by atoms with Crippen LogP contribution in [0.4, 0.5) is 0 Å². The summed E-state index contributed by atoms with van der Waals surface area (Å²) < 4.78 is 10.6. The summed E-state index contributed by atoms with van der Waals surface area (Å²) >= 11 is 0. The first-order chi connectivity index (χ1) is 10.2. The molecule has 4 heteroatoms. The van der Waals surface area contributed by atoms with Crippen LogP contribution in [0.1, 0.15) is 24.8 Å². The van der Waals surface area contributed by atoms with Gasteiger partial charge in [-0.1, -0.05) is 12.1 Å². The number of para-hydroxylation sites is 1. The summed E-state index contributed by atoms with van der Waals surface area (Å²) in [5, 5.41) is 0. The Balaban J connectivity index is 1.94. The van der Waals surface area contributed by atoms with Crippen LogP contribution in [0.15, 0.2) is 24.3 Å². The number of ether oxygens (including phenoxy) is 2. The van der Waals surface area contributed by atoms with Gasteiger partial charge in [-0.25, -0.2) is 0 Å². The maximum Gasteiger partial charge on any atom is 0.167 e. The minimum atomic E-state index is 0.145. The third kappa shape index (κ3) is 4.33. The molecule has 1 aromatic rings. The Labute approximate surface area is 126 Å². The molecule has 0 spiro atoms. The molecule has 0 unspecified atom stereocenters. The Bertz CT molecular complexity index is 505. The fourth-order valence-electron chi connectivity index (χ4n) is 2.58. The van der Waals surface area contributed by atoms with Gasteiger partial charge in [-0.2, -0.15) is 0 Å². The van der Waals surface area contributed by atoms with E-state index in [0.717, 1.165) is 25.2 Å². The molecule has 0 aromatic heterocycles. The predicted octanol–water partition coefficient (Wildman–Crippen LogP) is 2.77. The van der Waals surface area contributed by atoms with Crippen LogP contribution in [0.25, 0.3) is 6.08 Å². The maximum atomic E-state index is 11.9. The highest BCUT2D eigenvalue weighted by molar-refractivity contribution is 5.94. The highest BCUT2D eigenvalue weighted by Gasteiger charge is 2.12. The monoisotopic (exact) mass is 289 g/mol. The molecule has 4 nitrogen and oxygen atoms in total. The smallest absolute Gasteiger partial charge is 0.167 e. The summed E-state index contributed by atoms with van der Waals surface area (Å²) in [6.07, 6.45) is 6.51. The van der Waals surface area contributed by atoms with Gasteiger partial charge >= 0.3 is 0 Å². The average Bonchev–Trinajstić information content (AvgIpc) is 3.03. The molecule has 0 radical (unpaired) electrons. The zero-order valence-electron chi connectivity index (χ0n) is 12.8. The molecule has 0 bridgehead atoms. The van der Waals surface area contributed by atoms with Gasteiger partial charge in [0.1, 0.15) is 0 Å². The van der Waals surface area contributed by atoms with Crippen molar-refractivity contribution in [1.29, 1.82) is 0 Å². The van der Waals surface area contributed by atoms with Crippen molar-refractivity contribution < 1.29 is 14.3 Å². The second-order valence-electron chi connectivity index (χ2n) is 5.18. The van der Waals surface area contributed by atoms with Gasteiger partial charge in [-0.05, 0) is 44.1 Å². The average molecular weight is 289 g/mol. The number of methoxy groups -OCH3 is 2. The van der Waals surface area contributed by atoms with Crippen molar-refractivity contribution in [3.05, 3.63) is 29.8 Å². The van der Waals surface area contributed by atoms with Crippen molar-refractivity contribution >= 4 is 11.9 Å². The number of ketones is 1. The van der Waals surface area contributed by atoms with Crippen molar-refractivity contribution in [2.45, 2.75) is 19.3 Å². The Morgan fingerprint density at radius 2 is 2.00 bits per heavy atom. The van der Waals surface area contributed by atoms with E-state index in [2.05, 4.69) is 4.90 Å². The lowest BCUT2D eigenvalue weighted by Gasteiger charge is -2.12. The molecular weight excluding hydrogens is 266 g/mol. The lowest BCUT2D eigenvalue weighted by atomic mass is 10.1. The number of carbonyl (C=O) groups is 1. The summed E-state index contributed by atoms with van der Waals surface area (Å²) in [5.41, 5.74) is 0.853. The van der Waals surface area contributed by atoms with Crippen molar-refractivity contribution in [2.24, 2.45) is 0 Å². The van der Waals surface area contributed by atoms with Crippen molar-refractivity contribution in [2.75, 3.05) is 33.9 Å². The Morgan fingerprint density at radius 3 is 2.67 bits per heavy atom. The Hall–Kier alpha value is -1.81. The summed E-state index contributed by atoms with van der Waals surface area (Å²) in [7, 11) is 3.21. The maximum absolute atomic E-state index is 11.9. The van der Waals surface area contributed by atoms with E-state index in [1.54, 1.807) is 26.4 Å². The molecule has 0 atom stereocenters. The number of nitrogens with zero attached hydrogens (tertiary/aromatic N) is 1. The van der Waals surface area contributed by atoms with E-state index in [4.69, 9.17) is 9.47 Å². The van der Waals surface area contributed by atoms with Gasteiger partial charge in [-0.3, -0.25) is 4.79 Å². The molecule has 1 saturated heterocycles. The van der Waals surface area contributed by atoms with Gasteiger partial charge < -0.3 is 14.4 Å². The molecule has 0 N–H and O–H groups in total. The third-order valence-electron chi connectivity index (χ3n) is 3.76. The molecule has 0 aliphatic carbocycles. The van der Waals surface area contributed by atoms with E-state index in [1.807, 2.05) is 18.2 Å². The second-order valence-corrected chi connectivity index (χ2v) is 5.18. The molecule has 1 aromatic carbocycles. The van der Waals surface area contributed by atoms with Crippen LogP contribution >= 0.6 is 0 Å². The van der Waals surface area contributed by atoms with Gasteiger partial charge in [0.25, 0.3) is 0 Å². The number of rotatable bonds is 7. The van der Waals surface area contributed by atoms with E-state index < -0.39 is 0 Å². The van der Waals surface area contributed by atoms with E-state index in [0.29, 0.717) is 17.9 Å². The summed E-state index contributed by atoms with van der Waals surface area (Å²) in [6.45, 7) is 3.11. The first kappa shape index (κ1) is 15.6. The van der Waals surface area contributed by atoms with Gasteiger partial charge in [0, 0.05) is 18.5 Å². The lowest BCUT2D eigenvalue weighted by molar-refractivity contribution is -0.114. The third-order valence-corrected chi connectivity index (χ3v) is 3.76. The first-order valence-electron chi connectivity index (χ1n) is 7.39. The lowest BCUT2D eigenvalue weighted by Crippen LogP contribution is -2.22. The highest BCUT2D eigenvalue weighted by Crippen LogP contribution is 2.31. The topological polar surface area (TPSA) is 38.8 Å². The van der Waals surface area contributed by atoms with Crippen molar-refractivity contribution in [3.8, 4) is 11.5 Å². The van der Waals surface area contributed by atoms with Crippen molar-refractivity contribution in [3.63, 3.8) is 0 Å². The van der Waals surface area contributed by atoms with E-state index >= 15 is 0 Å². The summed E-state index contributed by atoms with van der Waals surface area (Å²) in [5.74, 6) is 1.47. The molecule has 1 aliphatic rings. The summed E-state index contributed by atoms with van der Waals surface area (Å²) in [4.78, 5) is 14.3. The van der Waals surface area contributed by atoms with E-state index in [9.17, 15) is 4.79 Å². The number of allylic oxidation sites excluding steroid dienone is 1. The fraction of sp³-hybridized carbons (Fsp3) is 0.471. The largest absolute Gasteiger partial charge is 0.493 e. The quantitative estimate of drug-likeness (QED) is 0.724. The Morgan fingerprint density at radius 1 is 1.24 bits per heavy atom. The molecule has 1 aliphatic heterocycles. The highest BCUT2D eigenvalue weighted by atomic mass is 16.5. The van der Waals surface area contributed by atoms with Gasteiger partial charge in [0.15, 0.2) is 17.3 Å².